The maximum absolute atomic E-state index is 11.7. The Balaban J connectivity index is -0.000000364. The SMILES string of the molecule is CCCCCCCCCCCC(=O)OC(=O)[C@@H](N)CCC(=O)OCC(O)CO.[Ca+2].[Cl-].[Cl-].[H-].[Na+]. The molecule has 8 nitrogen and oxygen atoms in total. The molecule has 0 saturated heterocycles. The molecule has 0 aliphatic rings. The average molecular weight is 538 g/mol. The summed E-state index contributed by atoms with van der Waals surface area (Å²) in [5.74, 6) is -2.11. The third-order valence-corrected chi connectivity index (χ3v) is 4.31. The first-order valence-corrected chi connectivity index (χ1v) is 10.3. The van der Waals surface area contributed by atoms with Crippen molar-refractivity contribution in [2.24, 2.45) is 5.73 Å². The number of rotatable bonds is 17. The third-order valence-electron chi connectivity index (χ3n) is 4.31. The molecule has 0 bridgehead atoms. The molecule has 0 rings (SSSR count). The van der Waals surface area contributed by atoms with Crippen LogP contribution in [0.25, 0.3) is 0 Å². The Morgan fingerprint density at radius 1 is 0.906 bits per heavy atom. The number of nitrogens with two attached hydrogens (primary N) is 1. The first kappa shape index (κ1) is 43.4. The summed E-state index contributed by atoms with van der Waals surface area (Å²) in [6.45, 7) is 1.35. The summed E-state index contributed by atoms with van der Waals surface area (Å²) in [6, 6.07) is -1.10. The van der Waals surface area contributed by atoms with Gasteiger partial charge in [0.2, 0.25) is 0 Å². The van der Waals surface area contributed by atoms with Gasteiger partial charge in [0.25, 0.3) is 0 Å². The van der Waals surface area contributed by atoms with E-state index in [-0.39, 0.29) is 119 Å². The van der Waals surface area contributed by atoms with Gasteiger partial charge in [-0.1, -0.05) is 58.3 Å². The van der Waals surface area contributed by atoms with E-state index in [2.05, 4.69) is 6.92 Å². The second kappa shape index (κ2) is 30.4. The minimum atomic E-state index is -1.14. The number of carbonyl (C=O) groups excluding carboxylic acids is 3. The fraction of sp³-hybridized carbons (Fsp3) is 0.850. The third kappa shape index (κ3) is 27.6. The average Bonchev–Trinajstić information content (AvgIpc) is 2.68. The first-order valence-electron chi connectivity index (χ1n) is 10.3. The molecule has 0 aromatic heterocycles. The van der Waals surface area contributed by atoms with Crippen LogP contribution in [0.4, 0.5) is 0 Å². The van der Waals surface area contributed by atoms with Gasteiger partial charge < -0.3 is 51.7 Å². The van der Waals surface area contributed by atoms with Crippen molar-refractivity contribution in [3.63, 3.8) is 0 Å². The predicted molar refractivity (Wildman–Crippen MR) is 111 cm³/mol. The number of ether oxygens (including phenoxy) is 2. The van der Waals surface area contributed by atoms with E-state index in [1.165, 1.54) is 32.1 Å². The van der Waals surface area contributed by atoms with Crippen molar-refractivity contribution in [2.75, 3.05) is 13.2 Å². The molecular weight excluding hydrogens is 500 g/mol. The molecule has 32 heavy (non-hydrogen) atoms. The van der Waals surface area contributed by atoms with Crippen LogP contribution in [-0.4, -0.2) is 91.2 Å². The largest absolute Gasteiger partial charge is 2.00 e. The van der Waals surface area contributed by atoms with Crippen LogP contribution in [0.1, 0.15) is 85.4 Å². The fourth-order valence-corrected chi connectivity index (χ4v) is 2.52. The summed E-state index contributed by atoms with van der Waals surface area (Å²) in [5.41, 5.74) is 5.62. The zero-order valence-electron chi connectivity index (χ0n) is 20.5. The monoisotopic (exact) mass is 537 g/mol. The van der Waals surface area contributed by atoms with E-state index in [1.54, 1.807) is 0 Å². The number of halogens is 2. The van der Waals surface area contributed by atoms with Gasteiger partial charge >= 0.3 is 85.2 Å². The minimum Gasteiger partial charge on any atom is -1.00 e. The normalized spacial score (nSPS) is 11.4. The molecule has 0 aliphatic heterocycles. The second-order valence-corrected chi connectivity index (χ2v) is 7.04. The molecule has 0 fully saturated rings. The van der Waals surface area contributed by atoms with Crippen molar-refractivity contribution in [3.8, 4) is 0 Å². The van der Waals surface area contributed by atoms with Crippen LogP contribution in [0.3, 0.4) is 0 Å². The van der Waals surface area contributed by atoms with Gasteiger partial charge in [-0.05, 0) is 12.8 Å². The number of aliphatic hydroxyl groups is 2. The van der Waals surface area contributed by atoms with E-state index in [1.807, 2.05) is 0 Å². The number of aliphatic hydroxyl groups excluding tert-OH is 2. The molecule has 0 aliphatic carbocycles. The van der Waals surface area contributed by atoms with Gasteiger partial charge in [0.05, 0.1) is 6.61 Å². The number of carbonyl (C=O) groups is 3. The zero-order chi connectivity index (χ0) is 21.2. The number of hydrogen-bond donors (Lipinski definition) is 3. The van der Waals surface area contributed by atoms with Gasteiger partial charge in [-0.3, -0.25) is 9.59 Å². The molecule has 0 aromatic carbocycles. The Morgan fingerprint density at radius 3 is 1.91 bits per heavy atom. The van der Waals surface area contributed by atoms with Crippen molar-refractivity contribution < 1.29 is 89.9 Å². The van der Waals surface area contributed by atoms with Gasteiger partial charge in [-0.2, -0.15) is 0 Å². The Kier molecular flexibility index (Phi) is 41.2. The van der Waals surface area contributed by atoms with Crippen LogP contribution < -0.4 is 60.1 Å². The van der Waals surface area contributed by atoms with Crippen LogP contribution >= 0.6 is 0 Å². The Labute approximate surface area is 258 Å². The molecule has 4 N–H and O–H groups in total. The summed E-state index contributed by atoms with van der Waals surface area (Å²) in [4.78, 5) is 34.8. The van der Waals surface area contributed by atoms with Crippen molar-refractivity contribution in [3.05, 3.63) is 0 Å². The molecule has 12 heteroatoms. The van der Waals surface area contributed by atoms with Crippen molar-refractivity contribution in [2.45, 2.75) is 96.1 Å². The zero-order valence-corrected chi connectivity index (χ0v) is 25.3. The van der Waals surface area contributed by atoms with Crippen LogP contribution in [-0.2, 0) is 23.9 Å². The van der Waals surface area contributed by atoms with E-state index >= 15 is 0 Å². The van der Waals surface area contributed by atoms with Crippen LogP contribution in [0, 0.1) is 0 Å². The predicted octanol–water partition coefficient (Wildman–Crippen LogP) is -7.28. The van der Waals surface area contributed by atoms with Gasteiger partial charge in [0.1, 0.15) is 18.8 Å². The number of hydrogen-bond acceptors (Lipinski definition) is 8. The summed E-state index contributed by atoms with van der Waals surface area (Å²) in [5, 5.41) is 17.7. The van der Waals surface area contributed by atoms with Gasteiger partial charge in [0.15, 0.2) is 0 Å². The molecule has 0 amide bonds. The molecule has 0 saturated carbocycles. The van der Waals surface area contributed by atoms with E-state index in [0.717, 1.165) is 19.3 Å². The first-order chi connectivity index (χ1) is 13.4. The van der Waals surface area contributed by atoms with Crippen molar-refractivity contribution in [1.29, 1.82) is 0 Å². The topological polar surface area (TPSA) is 136 Å². The maximum Gasteiger partial charge on any atom is 2.00 e. The van der Waals surface area contributed by atoms with Crippen LogP contribution in [0.2, 0.25) is 0 Å². The van der Waals surface area contributed by atoms with Gasteiger partial charge in [0, 0.05) is 12.8 Å². The molecule has 0 aromatic rings. The molecular formula is C20H38CaCl2NNaO7. The van der Waals surface area contributed by atoms with E-state index in [4.69, 9.17) is 25.4 Å². The molecule has 0 spiro atoms. The number of esters is 3. The van der Waals surface area contributed by atoms with Gasteiger partial charge in [-0.15, -0.1) is 0 Å². The fourth-order valence-electron chi connectivity index (χ4n) is 2.52. The van der Waals surface area contributed by atoms with Crippen LogP contribution in [0.5, 0.6) is 0 Å². The minimum absolute atomic E-state index is 0. The van der Waals surface area contributed by atoms with Gasteiger partial charge in [-0.25, -0.2) is 4.79 Å². The summed E-state index contributed by atoms with van der Waals surface area (Å²) >= 11 is 0. The van der Waals surface area contributed by atoms with E-state index in [9.17, 15) is 14.4 Å². The quantitative estimate of drug-likeness (QED) is 0.0720. The standard InChI is InChI=1S/C20H37NO7.Ca.2ClH.Na.H/c1-2-3-4-5-6-7-8-9-10-11-19(25)28-20(26)17(21)12-13-18(24)27-15-16(23)14-22;;;;;/h16-17,22-23H,2-15,21H2,1H3;;2*1H;;/q;+2;;;+1;-1/p-2/t16?,17-;;;;;/m0...../s1. The molecule has 2 atom stereocenters. The van der Waals surface area contributed by atoms with E-state index in [0.29, 0.717) is 6.42 Å². The summed E-state index contributed by atoms with van der Waals surface area (Å²) in [7, 11) is 0. The molecule has 0 radical (unpaired) electrons. The van der Waals surface area contributed by atoms with E-state index < -0.39 is 36.7 Å². The summed E-state index contributed by atoms with van der Waals surface area (Å²) < 4.78 is 9.40. The maximum atomic E-state index is 11.7. The Morgan fingerprint density at radius 2 is 1.41 bits per heavy atom. The Bertz CT molecular complexity index is 472. The summed E-state index contributed by atoms with van der Waals surface area (Å²) in [6.07, 6.45) is 8.98. The van der Waals surface area contributed by atoms with Crippen LogP contribution in [0.15, 0.2) is 0 Å². The molecule has 1 unspecified atom stereocenters. The molecule has 0 heterocycles. The molecule has 182 valence electrons. The smallest absolute Gasteiger partial charge is 1.00 e. The second-order valence-electron chi connectivity index (χ2n) is 7.04. The van der Waals surface area contributed by atoms with Crippen molar-refractivity contribution >= 4 is 55.6 Å². The number of unbranched alkanes of at least 4 members (excludes halogenated alkanes) is 8. The Hall–Kier alpha value is 1.33. The van der Waals surface area contributed by atoms with Crippen molar-refractivity contribution in [1.82, 2.24) is 0 Å².